The minimum absolute atomic E-state index is 0.113. The molecule has 3 aromatic rings. The van der Waals surface area contributed by atoms with Crippen molar-refractivity contribution >= 4 is 49.3 Å². The largest absolute Gasteiger partial charge is 0.447 e. The fraction of sp³-hybridized carbons (Fsp3) is 0.400. The molecular weight excluding hydrogens is 641 g/mol. The van der Waals surface area contributed by atoms with Gasteiger partial charge in [0.25, 0.3) is 5.91 Å². The maximum atomic E-state index is 16.3. The van der Waals surface area contributed by atoms with Crippen LogP contribution in [0.1, 0.15) is 30.0 Å². The van der Waals surface area contributed by atoms with Crippen LogP contribution in [-0.4, -0.2) is 68.7 Å². The molecule has 0 aromatic heterocycles. The van der Waals surface area contributed by atoms with Gasteiger partial charge in [0, 0.05) is 40.8 Å². The number of carbonyl (C=O) groups excluding carboxylic acids is 3. The predicted octanol–water partition coefficient (Wildman–Crippen LogP) is 6.03. The lowest BCUT2D eigenvalue weighted by Crippen LogP contribution is -2.45. The van der Waals surface area contributed by atoms with Gasteiger partial charge in [-0.3, -0.25) is 14.5 Å². The van der Waals surface area contributed by atoms with E-state index in [0.717, 1.165) is 11.1 Å². The highest BCUT2D eigenvalue weighted by molar-refractivity contribution is 6.72. The van der Waals surface area contributed by atoms with Crippen LogP contribution < -0.4 is 9.80 Å². The number of fused-ring (bicyclic) bond motifs is 2. The Balaban J connectivity index is 1.33. The Bertz CT molecular complexity index is 1670. The summed E-state index contributed by atoms with van der Waals surface area (Å²) in [6, 6.07) is 22.0. The fourth-order valence-corrected chi connectivity index (χ4v) is 10.2. The van der Waals surface area contributed by atoms with Gasteiger partial charge >= 0.3 is 6.09 Å². The highest BCUT2D eigenvalue weighted by atomic mass is 35.5. The third-order valence-corrected chi connectivity index (χ3v) is 12.3. The Morgan fingerprint density at radius 1 is 1.09 bits per heavy atom. The van der Waals surface area contributed by atoms with E-state index in [-0.39, 0.29) is 44.5 Å². The SMILES string of the molecule is C[C@H]1[C@H]([Si](C)(C)F)[C@@H](CC(=O)N(CCO)Cc2ccccc2)O[C@]12C(=O)N(Cc1cccc(N3CCOC3=O)c1)c1ccc(Cl)cc12. The van der Waals surface area contributed by atoms with Crippen LogP contribution in [-0.2, 0) is 37.8 Å². The molecule has 47 heavy (non-hydrogen) atoms. The van der Waals surface area contributed by atoms with Crippen LogP contribution in [0.4, 0.5) is 20.3 Å². The maximum absolute atomic E-state index is 16.3. The van der Waals surface area contributed by atoms with Crippen molar-refractivity contribution < 1.29 is 33.1 Å². The second-order valence-electron chi connectivity index (χ2n) is 13.0. The van der Waals surface area contributed by atoms with Crippen LogP contribution in [0.15, 0.2) is 72.8 Å². The lowest BCUT2D eigenvalue weighted by atomic mass is 9.82. The van der Waals surface area contributed by atoms with Crippen molar-refractivity contribution in [2.45, 2.75) is 56.8 Å². The number of cyclic esters (lactones) is 1. The van der Waals surface area contributed by atoms with Crippen molar-refractivity contribution in [2.24, 2.45) is 5.92 Å². The topological polar surface area (TPSA) is 99.6 Å². The fourth-order valence-electron chi connectivity index (χ4n) is 7.53. The number of amides is 3. The number of nitrogens with zero attached hydrogens (tertiary/aromatic N) is 3. The Kier molecular flexibility index (Phi) is 9.19. The van der Waals surface area contributed by atoms with E-state index in [1.807, 2.05) is 61.5 Å². The van der Waals surface area contributed by atoms with E-state index in [1.165, 1.54) is 0 Å². The number of hydrogen-bond acceptors (Lipinski definition) is 6. The molecule has 3 heterocycles. The molecule has 2 saturated heterocycles. The van der Waals surface area contributed by atoms with E-state index >= 15 is 4.11 Å². The summed E-state index contributed by atoms with van der Waals surface area (Å²) >= 11 is 6.51. The third kappa shape index (κ3) is 6.17. The van der Waals surface area contributed by atoms with E-state index in [2.05, 4.69) is 0 Å². The molecule has 2 fully saturated rings. The molecule has 3 aromatic carbocycles. The number of halogens is 2. The van der Waals surface area contributed by atoms with Crippen molar-refractivity contribution in [3.8, 4) is 0 Å². The highest BCUT2D eigenvalue weighted by Gasteiger charge is 2.67. The maximum Gasteiger partial charge on any atom is 0.414 e. The lowest BCUT2D eigenvalue weighted by Gasteiger charge is -2.31. The average Bonchev–Trinajstić information content (AvgIpc) is 3.66. The zero-order valence-electron chi connectivity index (χ0n) is 26.7. The van der Waals surface area contributed by atoms with Crippen LogP contribution in [0.5, 0.6) is 0 Å². The minimum atomic E-state index is -3.53. The first-order chi connectivity index (χ1) is 22.4. The molecule has 0 unspecified atom stereocenters. The molecular formula is C35H39ClFN3O6Si. The summed E-state index contributed by atoms with van der Waals surface area (Å²) in [5.74, 6) is -1.23. The molecule has 0 radical (unpaired) electrons. The van der Waals surface area contributed by atoms with Gasteiger partial charge in [0.1, 0.15) is 6.61 Å². The molecule has 0 bridgehead atoms. The van der Waals surface area contributed by atoms with Crippen LogP contribution in [0, 0.1) is 5.92 Å². The number of aliphatic hydroxyl groups is 1. The smallest absolute Gasteiger partial charge is 0.414 e. The van der Waals surface area contributed by atoms with Gasteiger partial charge in [0.05, 0.1) is 37.9 Å². The number of rotatable bonds is 10. The first-order valence-electron chi connectivity index (χ1n) is 15.9. The zero-order valence-corrected chi connectivity index (χ0v) is 28.5. The second kappa shape index (κ2) is 13.0. The molecule has 4 atom stereocenters. The molecule has 9 nitrogen and oxygen atoms in total. The van der Waals surface area contributed by atoms with E-state index in [4.69, 9.17) is 21.1 Å². The van der Waals surface area contributed by atoms with Gasteiger partial charge in [-0.05, 0) is 54.6 Å². The van der Waals surface area contributed by atoms with E-state index in [9.17, 15) is 19.5 Å². The molecule has 3 amide bonds. The minimum Gasteiger partial charge on any atom is -0.447 e. The van der Waals surface area contributed by atoms with Gasteiger partial charge < -0.3 is 28.5 Å². The van der Waals surface area contributed by atoms with Gasteiger partial charge in [-0.1, -0.05) is 61.0 Å². The summed E-state index contributed by atoms with van der Waals surface area (Å²) in [6.45, 7) is 6.11. The number of benzene rings is 3. The lowest BCUT2D eigenvalue weighted by molar-refractivity contribution is -0.150. The molecule has 0 saturated carbocycles. The number of ether oxygens (including phenoxy) is 2. The summed E-state index contributed by atoms with van der Waals surface area (Å²) in [5.41, 5.74) is 1.27. The molecule has 6 rings (SSSR count). The van der Waals surface area contributed by atoms with Crippen molar-refractivity contribution in [1.82, 2.24) is 4.90 Å². The summed E-state index contributed by atoms with van der Waals surface area (Å²) < 4.78 is 28.2. The van der Waals surface area contributed by atoms with Gasteiger partial charge in [-0.25, -0.2) is 4.79 Å². The second-order valence-corrected chi connectivity index (χ2v) is 17.2. The van der Waals surface area contributed by atoms with Gasteiger partial charge in [0.2, 0.25) is 14.3 Å². The number of carbonyl (C=O) groups is 3. The Morgan fingerprint density at radius 3 is 2.51 bits per heavy atom. The molecule has 1 N–H and O–H groups in total. The normalized spacial score (nSPS) is 23.8. The summed E-state index contributed by atoms with van der Waals surface area (Å²) in [6.07, 6.45) is -1.43. The Labute approximate surface area is 280 Å². The molecule has 1 spiro atoms. The molecule has 3 aliphatic rings. The summed E-state index contributed by atoms with van der Waals surface area (Å²) in [5, 5.41) is 10.2. The number of hydrogen-bond donors (Lipinski definition) is 1. The highest BCUT2D eigenvalue weighted by Crippen LogP contribution is 2.60. The summed E-state index contributed by atoms with van der Waals surface area (Å²) in [4.78, 5) is 45.5. The van der Waals surface area contributed by atoms with Crippen molar-refractivity contribution in [3.63, 3.8) is 0 Å². The van der Waals surface area contributed by atoms with E-state index in [1.54, 1.807) is 46.0 Å². The summed E-state index contributed by atoms with van der Waals surface area (Å²) in [7, 11) is -3.53. The third-order valence-electron chi connectivity index (χ3n) is 9.56. The zero-order chi connectivity index (χ0) is 33.5. The molecule has 0 aliphatic carbocycles. The van der Waals surface area contributed by atoms with Crippen molar-refractivity contribution in [2.75, 3.05) is 36.1 Å². The number of aliphatic hydroxyl groups excluding tert-OH is 1. The van der Waals surface area contributed by atoms with Crippen molar-refractivity contribution in [3.05, 3.63) is 94.5 Å². The van der Waals surface area contributed by atoms with Crippen LogP contribution in [0.3, 0.4) is 0 Å². The Hall–Kier alpha value is -3.77. The molecule has 12 heteroatoms. The van der Waals surface area contributed by atoms with E-state index < -0.39 is 37.7 Å². The van der Waals surface area contributed by atoms with Gasteiger partial charge in [-0.15, -0.1) is 0 Å². The Morgan fingerprint density at radius 2 is 1.83 bits per heavy atom. The van der Waals surface area contributed by atoms with E-state index in [0.29, 0.717) is 35.1 Å². The van der Waals surface area contributed by atoms with Crippen LogP contribution >= 0.6 is 11.6 Å². The quantitative estimate of drug-likeness (QED) is 0.208. The van der Waals surface area contributed by atoms with Gasteiger partial charge in [0.15, 0.2) is 5.60 Å². The van der Waals surface area contributed by atoms with Crippen LogP contribution in [0.25, 0.3) is 0 Å². The van der Waals surface area contributed by atoms with Crippen LogP contribution in [0.2, 0.25) is 23.7 Å². The number of anilines is 2. The first kappa shape index (κ1) is 33.1. The van der Waals surface area contributed by atoms with Crippen molar-refractivity contribution in [1.29, 1.82) is 0 Å². The standard InChI is InChI=1S/C35H39ClFN3O6Si/c1-23-32(47(2,3)37)30(20-31(42)38(14-16-41)21-24-8-5-4-6-9-24)46-35(23)28-19-26(36)12-13-29(28)40(33(35)43)22-25-10-7-11-27(18-25)39-15-17-45-34(39)44/h4-13,18-19,23,30,32,41H,14-17,20-22H2,1-3H3/t23-,30+,32-,35+/m0/s1. The van der Waals surface area contributed by atoms with Gasteiger partial charge in [-0.2, -0.15) is 0 Å². The molecule has 3 aliphatic heterocycles. The monoisotopic (exact) mass is 679 g/mol. The molecule has 248 valence electrons. The predicted molar refractivity (Wildman–Crippen MR) is 179 cm³/mol. The first-order valence-corrected chi connectivity index (χ1v) is 19.2. The average molecular weight is 680 g/mol.